The van der Waals surface area contributed by atoms with E-state index in [4.69, 9.17) is 9.47 Å². The molecule has 0 saturated carbocycles. The van der Waals surface area contributed by atoms with Crippen molar-refractivity contribution >= 4 is 17.7 Å². The average molecular weight is 236 g/mol. The minimum atomic E-state index is 0.474. The zero-order valence-electron chi connectivity index (χ0n) is 12.3. The van der Waals surface area contributed by atoms with E-state index < -0.39 is 0 Å². The monoisotopic (exact) mass is 236 g/mol. The SMILES string of the molecule is [Li][CH](C)CC(C)CCCOCOCCCCC. The fraction of sp³-hybridized carbons (Fsp3) is 1.00. The average Bonchev–Trinajstić information content (AvgIpc) is 2.26. The van der Waals surface area contributed by atoms with Gasteiger partial charge in [0.2, 0.25) is 0 Å². The van der Waals surface area contributed by atoms with Gasteiger partial charge in [-0.05, 0) is 0 Å². The van der Waals surface area contributed by atoms with Gasteiger partial charge in [-0.3, -0.25) is 0 Å². The van der Waals surface area contributed by atoms with Crippen LogP contribution in [-0.4, -0.2) is 37.7 Å². The van der Waals surface area contributed by atoms with Crippen molar-refractivity contribution < 1.29 is 9.47 Å². The molecule has 0 heterocycles. The van der Waals surface area contributed by atoms with Crippen molar-refractivity contribution in [1.82, 2.24) is 0 Å². The first-order valence-electron chi connectivity index (χ1n) is 7.32. The van der Waals surface area contributed by atoms with Gasteiger partial charge < -0.3 is 0 Å². The van der Waals surface area contributed by atoms with Gasteiger partial charge in [-0.1, -0.05) is 13.3 Å². The summed E-state index contributed by atoms with van der Waals surface area (Å²) in [5.74, 6) is 0.823. The van der Waals surface area contributed by atoms with Crippen LogP contribution < -0.4 is 0 Å². The van der Waals surface area contributed by atoms with Crippen molar-refractivity contribution in [3.63, 3.8) is 0 Å². The molecule has 0 aromatic heterocycles. The van der Waals surface area contributed by atoms with Gasteiger partial charge in [0.1, 0.15) is 0 Å². The second kappa shape index (κ2) is 13.0. The third-order valence-electron chi connectivity index (χ3n) is 2.92. The molecule has 0 radical (unpaired) electrons. The Bertz CT molecular complexity index is 151. The molecule has 0 spiro atoms. The maximum atomic E-state index is 5.45. The zero-order chi connectivity index (χ0) is 12.9. The van der Waals surface area contributed by atoms with E-state index in [1.54, 1.807) is 0 Å². The first kappa shape index (κ1) is 17.5. The third kappa shape index (κ3) is 14.5. The van der Waals surface area contributed by atoms with Crippen molar-refractivity contribution in [2.45, 2.75) is 63.9 Å². The van der Waals surface area contributed by atoms with E-state index in [2.05, 4.69) is 38.5 Å². The molecule has 0 bridgehead atoms. The van der Waals surface area contributed by atoms with Crippen LogP contribution in [0.4, 0.5) is 0 Å². The molecule has 98 valence electrons. The number of ether oxygens (including phenoxy) is 2. The molecule has 17 heavy (non-hydrogen) atoms. The molecule has 0 N–H and O–H groups in total. The van der Waals surface area contributed by atoms with Crippen molar-refractivity contribution in [2.24, 2.45) is 5.92 Å². The van der Waals surface area contributed by atoms with Crippen molar-refractivity contribution in [1.29, 1.82) is 0 Å². The number of hydrogen-bond donors (Lipinski definition) is 0. The predicted octanol–water partition coefficient (Wildman–Crippen LogP) is 3.95. The van der Waals surface area contributed by atoms with Gasteiger partial charge in [0.05, 0.1) is 0 Å². The summed E-state index contributed by atoms with van der Waals surface area (Å²) >= 11 is 2.29. The second-order valence-electron chi connectivity index (χ2n) is 5.52. The minimum absolute atomic E-state index is 0.474. The van der Waals surface area contributed by atoms with E-state index in [1.807, 2.05) is 0 Å². The molecular formula is C14H29LiO2. The molecule has 0 aromatic carbocycles. The number of unbranched alkanes of at least 4 members (excludes halogenated alkanes) is 2. The van der Waals surface area contributed by atoms with Crippen LogP contribution in [0.25, 0.3) is 0 Å². The van der Waals surface area contributed by atoms with Crippen LogP contribution in [0.5, 0.6) is 0 Å². The second-order valence-corrected chi connectivity index (χ2v) is 5.52. The summed E-state index contributed by atoms with van der Waals surface area (Å²) in [5, 5.41) is 0. The Morgan fingerprint density at radius 2 is 1.65 bits per heavy atom. The number of rotatable bonds is 12. The Hall–Kier alpha value is 0.517. The van der Waals surface area contributed by atoms with Crippen LogP contribution in [0.15, 0.2) is 0 Å². The fourth-order valence-corrected chi connectivity index (χ4v) is 2.09. The van der Waals surface area contributed by atoms with Crippen molar-refractivity contribution in [3.05, 3.63) is 0 Å². The smallest absolute Gasteiger partial charge is 0.0654 e. The molecular weight excluding hydrogens is 207 g/mol. The summed E-state index contributed by atoms with van der Waals surface area (Å²) in [5.41, 5.74) is 0. The molecule has 0 rings (SSSR count). The predicted molar refractivity (Wildman–Crippen MR) is 74.5 cm³/mol. The van der Waals surface area contributed by atoms with E-state index in [1.165, 1.54) is 25.7 Å². The van der Waals surface area contributed by atoms with Crippen LogP contribution in [0.1, 0.15) is 59.3 Å². The van der Waals surface area contributed by atoms with Crippen molar-refractivity contribution in [3.8, 4) is 0 Å². The van der Waals surface area contributed by atoms with Gasteiger partial charge in [0.25, 0.3) is 0 Å². The standard InChI is InChI=1S/C14H29O2.Li/c1-4-6-7-11-15-13-16-12-8-10-14(3)9-5-2;/h5,14H,4,6-13H2,1-3H3;. The topological polar surface area (TPSA) is 18.5 Å². The van der Waals surface area contributed by atoms with Gasteiger partial charge in [-0.2, -0.15) is 0 Å². The van der Waals surface area contributed by atoms with E-state index in [0.29, 0.717) is 6.79 Å². The van der Waals surface area contributed by atoms with E-state index >= 15 is 0 Å². The van der Waals surface area contributed by atoms with Gasteiger partial charge in [-0.15, -0.1) is 0 Å². The molecule has 2 atom stereocenters. The Morgan fingerprint density at radius 1 is 1.00 bits per heavy atom. The molecule has 2 nitrogen and oxygen atoms in total. The molecule has 0 aliphatic rings. The molecule has 0 aliphatic heterocycles. The fourth-order valence-electron chi connectivity index (χ4n) is 2.09. The Labute approximate surface area is 117 Å². The zero-order valence-corrected chi connectivity index (χ0v) is 12.3. The summed E-state index contributed by atoms with van der Waals surface area (Å²) in [6.07, 6.45) is 7.42. The summed E-state index contributed by atoms with van der Waals surface area (Å²) < 4.78 is 11.6. The van der Waals surface area contributed by atoms with Crippen LogP contribution >= 0.6 is 0 Å². The Kier molecular flexibility index (Phi) is 13.4. The Morgan fingerprint density at radius 3 is 2.24 bits per heavy atom. The van der Waals surface area contributed by atoms with Crippen LogP contribution in [-0.2, 0) is 9.47 Å². The summed E-state index contributed by atoms with van der Waals surface area (Å²) in [6.45, 7) is 8.99. The van der Waals surface area contributed by atoms with Gasteiger partial charge in [-0.25, -0.2) is 0 Å². The molecule has 2 unspecified atom stereocenters. The van der Waals surface area contributed by atoms with Crippen molar-refractivity contribution in [2.75, 3.05) is 20.0 Å². The first-order valence-corrected chi connectivity index (χ1v) is 7.32. The first-order chi connectivity index (χ1) is 8.16. The third-order valence-corrected chi connectivity index (χ3v) is 2.92. The molecule has 3 heteroatoms. The summed E-state index contributed by atoms with van der Waals surface area (Å²) in [7, 11) is 0. The van der Waals surface area contributed by atoms with E-state index in [-0.39, 0.29) is 0 Å². The van der Waals surface area contributed by atoms with Gasteiger partial charge in [0, 0.05) is 0 Å². The normalized spacial score (nSPS) is 14.9. The minimum Gasteiger partial charge on any atom is -0.0654 e. The maximum absolute atomic E-state index is 5.45. The number of hydrogen-bond acceptors (Lipinski definition) is 2. The summed E-state index contributed by atoms with van der Waals surface area (Å²) in [4.78, 5) is 0. The van der Waals surface area contributed by atoms with Crippen LogP contribution in [0, 0.1) is 5.92 Å². The molecule has 0 saturated heterocycles. The quantitative estimate of drug-likeness (QED) is 0.290. The molecule has 0 fully saturated rings. The van der Waals surface area contributed by atoms with Crippen LogP contribution in [0.2, 0.25) is 4.59 Å². The molecule has 0 aliphatic carbocycles. The van der Waals surface area contributed by atoms with Gasteiger partial charge >= 0.3 is 104 Å². The molecule has 0 amide bonds. The van der Waals surface area contributed by atoms with E-state index in [9.17, 15) is 0 Å². The van der Waals surface area contributed by atoms with Crippen LogP contribution in [0.3, 0.4) is 0 Å². The van der Waals surface area contributed by atoms with E-state index in [0.717, 1.165) is 36.6 Å². The molecule has 0 aromatic rings. The van der Waals surface area contributed by atoms with Gasteiger partial charge in [0.15, 0.2) is 0 Å². The Balaban J connectivity index is 3.07. The summed E-state index contributed by atoms with van der Waals surface area (Å²) in [6, 6.07) is 0.